The zero-order chi connectivity index (χ0) is 14.9. The third-order valence-electron chi connectivity index (χ3n) is 3.66. The van der Waals surface area contributed by atoms with Crippen LogP contribution in [0.1, 0.15) is 5.56 Å². The summed E-state index contributed by atoms with van der Waals surface area (Å²) in [5.74, 6) is 4.81. The SMILES string of the molecule is C#CCOc1cccc(-c2nc3n(n2)Cc2ccccc2-3)c1. The molecule has 0 fully saturated rings. The van der Waals surface area contributed by atoms with E-state index in [2.05, 4.69) is 28.1 Å². The number of fused-ring (bicyclic) bond motifs is 3. The first kappa shape index (κ1) is 12.7. The second-order valence-electron chi connectivity index (χ2n) is 5.09. The number of ether oxygens (including phenoxy) is 1. The maximum Gasteiger partial charge on any atom is 0.181 e. The highest BCUT2D eigenvalue weighted by Crippen LogP contribution is 2.32. The molecule has 1 aliphatic rings. The molecule has 4 heteroatoms. The first-order valence-corrected chi connectivity index (χ1v) is 7.05. The van der Waals surface area contributed by atoms with Crippen molar-refractivity contribution in [3.8, 4) is 40.9 Å². The molecule has 1 aromatic heterocycles. The van der Waals surface area contributed by atoms with Crippen molar-refractivity contribution >= 4 is 0 Å². The van der Waals surface area contributed by atoms with Gasteiger partial charge < -0.3 is 4.74 Å². The highest BCUT2D eigenvalue weighted by atomic mass is 16.5. The normalized spacial score (nSPS) is 11.6. The highest BCUT2D eigenvalue weighted by molar-refractivity contribution is 5.68. The predicted molar refractivity (Wildman–Crippen MR) is 84.3 cm³/mol. The Kier molecular flexibility index (Phi) is 2.90. The van der Waals surface area contributed by atoms with Gasteiger partial charge in [-0.2, -0.15) is 5.10 Å². The van der Waals surface area contributed by atoms with Crippen molar-refractivity contribution < 1.29 is 4.74 Å². The van der Waals surface area contributed by atoms with E-state index in [9.17, 15) is 0 Å². The summed E-state index contributed by atoms with van der Waals surface area (Å²) in [5.41, 5.74) is 3.34. The van der Waals surface area contributed by atoms with Gasteiger partial charge in [-0.3, -0.25) is 0 Å². The number of nitrogens with zero attached hydrogens (tertiary/aromatic N) is 3. The number of terminal acetylenes is 1. The van der Waals surface area contributed by atoms with Gasteiger partial charge in [-0.25, -0.2) is 9.67 Å². The molecule has 0 saturated heterocycles. The molecule has 4 rings (SSSR count). The maximum atomic E-state index is 5.45. The van der Waals surface area contributed by atoms with E-state index < -0.39 is 0 Å². The van der Waals surface area contributed by atoms with Crippen LogP contribution in [0.25, 0.3) is 22.8 Å². The molecule has 1 aliphatic heterocycles. The number of hydrogen-bond acceptors (Lipinski definition) is 3. The Hall–Kier alpha value is -3.06. The summed E-state index contributed by atoms with van der Waals surface area (Å²) < 4.78 is 7.39. The number of aromatic nitrogens is 3. The molecule has 4 nitrogen and oxygen atoms in total. The van der Waals surface area contributed by atoms with Crippen LogP contribution in [0.2, 0.25) is 0 Å². The van der Waals surface area contributed by atoms with Gasteiger partial charge in [0.1, 0.15) is 12.4 Å². The monoisotopic (exact) mass is 287 g/mol. The summed E-state index contributed by atoms with van der Waals surface area (Å²) in [7, 11) is 0. The minimum atomic E-state index is 0.254. The second kappa shape index (κ2) is 5.05. The van der Waals surface area contributed by atoms with Crippen LogP contribution in [0, 0.1) is 12.3 Å². The molecule has 22 heavy (non-hydrogen) atoms. The lowest BCUT2D eigenvalue weighted by atomic mass is 10.1. The molecule has 0 unspecified atom stereocenters. The van der Waals surface area contributed by atoms with Crippen LogP contribution < -0.4 is 4.74 Å². The fourth-order valence-electron chi connectivity index (χ4n) is 2.66. The van der Waals surface area contributed by atoms with Crippen molar-refractivity contribution in [2.24, 2.45) is 0 Å². The van der Waals surface area contributed by atoms with E-state index in [1.807, 2.05) is 41.1 Å². The molecule has 0 N–H and O–H groups in total. The zero-order valence-electron chi connectivity index (χ0n) is 11.9. The zero-order valence-corrected chi connectivity index (χ0v) is 11.9. The van der Waals surface area contributed by atoms with Gasteiger partial charge in [0.25, 0.3) is 0 Å². The van der Waals surface area contributed by atoms with Crippen LogP contribution in [0.4, 0.5) is 0 Å². The summed E-state index contributed by atoms with van der Waals surface area (Å²) in [4.78, 5) is 4.68. The van der Waals surface area contributed by atoms with Crippen molar-refractivity contribution in [2.75, 3.05) is 6.61 Å². The molecule has 0 amide bonds. The van der Waals surface area contributed by atoms with Crippen LogP contribution in [0.15, 0.2) is 48.5 Å². The highest BCUT2D eigenvalue weighted by Gasteiger charge is 2.22. The molecule has 0 spiro atoms. The summed E-state index contributed by atoms with van der Waals surface area (Å²) in [6, 6.07) is 15.9. The lowest BCUT2D eigenvalue weighted by Crippen LogP contribution is -1.96. The topological polar surface area (TPSA) is 39.9 Å². The van der Waals surface area contributed by atoms with Gasteiger partial charge in [-0.05, 0) is 17.7 Å². The van der Waals surface area contributed by atoms with Crippen molar-refractivity contribution in [1.82, 2.24) is 14.8 Å². The first-order valence-electron chi connectivity index (χ1n) is 7.05. The van der Waals surface area contributed by atoms with Crippen molar-refractivity contribution in [3.63, 3.8) is 0 Å². The Labute approximate surface area is 128 Å². The van der Waals surface area contributed by atoms with Crippen LogP contribution in [-0.4, -0.2) is 21.4 Å². The first-order chi connectivity index (χ1) is 10.8. The Morgan fingerprint density at radius 2 is 2.09 bits per heavy atom. The van der Waals surface area contributed by atoms with E-state index in [0.29, 0.717) is 5.82 Å². The smallest absolute Gasteiger partial charge is 0.181 e. The molecule has 0 bridgehead atoms. The minimum Gasteiger partial charge on any atom is -0.481 e. The van der Waals surface area contributed by atoms with Gasteiger partial charge in [-0.1, -0.05) is 42.3 Å². The fourth-order valence-corrected chi connectivity index (χ4v) is 2.66. The lowest BCUT2D eigenvalue weighted by Gasteiger charge is -2.03. The average Bonchev–Trinajstić information content (AvgIpc) is 3.11. The van der Waals surface area contributed by atoms with Gasteiger partial charge in [0, 0.05) is 11.1 Å². The van der Waals surface area contributed by atoms with Crippen molar-refractivity contribution in [2.45, 2.75) is 6.54 Å². The van der Waals surface area contributed by atoms with Crippen molar-refractivity contribution in [1.29, 1.82) is 0 Å². The predicted octanol–water partition coefficient (Wildman–Crippen LogP) is 2.99. The summed E-state index contributed by atoms with van der Waals surface area (Å²) in [6.07, 6.45) is 5.22. The summed E-state index contributed by atoms with van der Waals surface area (Å²) in [5, 5.41) is 4.61. The van der Waals surface area contributed by atoms with Crippen molar-refractivity contribution in [3.05, 3.63) is 54.1 Å². The molecule has 106 valence electrons. The van der Waals surface area contributed by atoms with Crippen LogP contribution >= 0.6 is 0 Å². The Bertz CT molecular complexity index is 889. The Balaban J connectivity index is 1.71. The van der Waals surface area contributed by atoms with E-state index in [4.69, 9.17) is 11.2 Å². The second-order valence-corrected chi connectivity index (χ2v) is 5.09. The van der Waals surface area contributed by atoms with E-state index in [-0.39, 0.29) is 6.61 Å². The quantitative estimate of drug-likeness (QED) is 0.544. The third-order valence-corrected chi connectivity index (χ3v) is 3.66. The average molecular weight is 287 g/mol. The summed E-state index contributed by atoms with van der Waals surface area (Å²) >= 11 is 0. The third kappa shape index (κ3) is 2.04. The van der Waals surface area contributed by atoms with Gasteiger partial charge in [0.05, 0.1) is 6.54 Å². The van der Waals surface area contributed by atoms with Gasteiger partial charge in [0.2, 0.25) is 0 Å². The summed E-state index contributed by atoms with van der Waals surface area (Å²) in [6.45, 7) is 1.02. The molecular formula is C18H13N3O. The molecule has 2 aromatic carbocycles. The van der Waals surface area contributed by atoms with Crippen LogP contribution in [0.5, 0.6) is 5.75 Å². The van der Waals surface area contributed by atoms with E-state index in [1.165, 1.54) is 5.56 Å². The molecule has 0 aliphatic carbocycles. The maximum absolute atomic E-state index is 5.45. The number of hydrogen-bond donors (Lipinski definition) is 0. The Morgan fingerprint density at radius 3 is 3.00 bits per heavy atom. The minimum absolute atomic E-state index is 0.254. The molecule has 0 saturated carbocycles. The van der Waals surface area contributed by atoms with Gasteiger partial charge in [0.15, 0.2) is 11.6 Å². The Morgan fingerprint density at radius 1 is 1.18 bits per heavy atom. The fraction of sp³-hybridized carbons (Fsp3) is 0.111. The molecular weight excluding hydrogens is 274 g/mol. The van der Waals surface area contributed by atoms with Crippen LogP contribution in [0.3, 0.4) is 0 Å². The van der Waals surface area contributed by atoms with Gasteiger partial charge in [-0.15, -0.1) is 6.42 Å². The lowest BCUT2D eigenvalue weighted by molar-refractivity contribution is 0.370. The van der Waals surface area contributed by atoms with E-state index >= 15 is 0 Å². The largest absolute Gasteiger partial charge is 0.481 e. The molecule has 3 aromatic rings. The van der Waals surface area contributed by atoms with Crippen LogP contribution in [-0.2, 0) is 6.54 Å². The molecule has 2 heterocycles. The molecule has 0 atom stereocenters. The van der Waals surface area contributed by atoms with E-state index in [0.717, 1.165) is 29.2 Å². The van der Waals surface area contributed by atoms with Gasteiger partial charge >= 0.3 is 0 Å². The molecule has 0 radical (unpaired) electrons. The van der Waals surface area contributed by atoms with E-state index in [1.54, 1.807) is 0 Å². The standard InChI is InChI=1S/C18H13N3O/c1-2-10-22-15-8-5-7-13(11-15)17-19-18-16-9-4-3-6-14(16)12-21(18)20-17/h1,3-9,11H,10,12H2. The number of rotatable bonds is 3. The number of benzene rings is 2.